The lowest BCUT2D eigenvalue weighted by atomic mass is 10.0. The lowest BCUT2D eigenvalue weighted by Gasteiger charge is -2.40. The van der Waals surface area contributed by atoms with Gasteiger partial charge in [-0.1, -0.05) is 11.6 Å². The van der Waals surface area contributed by atoms with E-state index in [1.807, 2.05) is 18.2 Å². The maximum absolute atomic E-state index is 6.02. The van der Waals surface area contributed by atoms with Gasteiger partial charge in [-0.2, -0.15) is 4.98 Å². The molecule has 0 saturated carbocycles. The van der Waals surface area contributed by atoms with Crippen molar-refractivity contribution in [2.45, 2.75) is 18.9 Å². The standard InChI is InChI=1S/C16H20ClN3O2/c17-12-3-4-15-14(10-12)18-16(22-15)20-5-1-2-13(11-20)19-6-8-21-9-7-19/h3-4,10,13H,1-2,5-9,11H2. The molecule has 1 atom stereocenters. The van der Waals surface area contributed by atoms with Crippen LogP contribution in [-0.4, -0.2) is 55.3 Å². The van der Waals surface area contributed by atoms with E-state index in [0.717, 1.165) is 56.5 Å². The average Bonchev–Trinajstić information content (AvgIpc) is 2.99. The number of benzene rings is 1. The molecule has 5 nitrogen and oxygen atoms in total. The number of piperidine rings is 1. The summed E-state index contributed by atoms with van der Waals surface area (Å²) in [6.45, 7) is 5.72. The normalized spacial score (nSPS) is 24.0. The number of anilines is 1. The van der Waals surface area contributed by atoms with E-state index in [-0.39, 0.29) is 0 Å². The fourth-order valence-electron chi connectivity index (χ4n) is 3.39. The molecule has 118 valence electrons. The summed E-state index contributed by atoms with van der Waals surface area (Å²) < 4.78 is 11.4. The maximum atomic E-state index is 6.02. The molecule has 0 bridgehead atoms. The Bertz CT molecular complexity index is 654. The van der Waals surface area contributed by atoms with Crippen LogP contribution in [0.1, 0.15) is 12.8 Å². The molecule has 2 aliphatic rings. The third-order valence-corrected chi connectivity index (χ3v) is 4.80. The molecule has 1 unspecified atom stereocenters. The first-order valence-electron chi connectivity index (χ1n) is 7.92. The number of fused-ring (bicyclic) bond motifs is 1. The van der Waals surface area contributed by atoms with Gasteiger partial charge in [0.05, 0.1) is 13.2 Å². The summed E-state index contributed by atoms with van der Waals surface area (Å²) in [5.74, 6) is 0. The first kappa shape index (κ1) is 14.3. The molecule has 0 spiro atoms. The molecule has 0 radical (unpaired) electrons. The Morgan fingerprint density at radius 3 is 2.91 bits per heavy atom. The van der Waals surface area contributed by atoms with E-state index < -0.39 is 0 Å². The van der Waals surface area contributed by atoms with Crippen LogP contribution in [0.5, 0.6) is 0 Å². The van der Waals surface area contributed by atoms with Gasteiger partial charge >= 0.3 is 0 Å². The van der Waals surface area contributed by atoms with E-state index >= 15 is 0 Å². The Labute approximate surface area is 134 Å². The van der Waals surface area contributed by atoms with Gasteiger partial charge < -0.3 is 14.1 Å². The van der Waals surface area contributed by atoms with Crippen LogP contribution in [0.4, 0.5) is 6.01 Å². The number of nitrogens with zero attached hydrogens (tertiary/aromatic N) is 3. The summed E-state index contributed by atoms with van der Waals surface area (Å²) in [6.07, 6.45) is 2.41. The molecular weight excluding hydrogens is 302 g/mol. The fourth-order valence-corrected chi connectivity index (χ4v) is 3.56. The van der Waals surface area contributed by atoms with Crippen molar-refractivity contribution in [3.05, 3.63) is 23.2 Å². The van der Waals surface area contributed by atoms with E-state index in [1.165, 1.54) is 12.8 Å². The third-order valence-electron chi connectivity index (χ3n) is 4.57. The number of ether oxygens (including phenoxy) is 1. The Morgan fingerprint density at radius 2 is 2.05 bits per heavy atom. The summed E-state index contributed by atoms with van der Waals surface area (Å²) in [5, 5.41) is 0.692. The molecule has 6 heteroatoms. The first-order valence-corrected chi connectivity index (χ1v) is 8.30. The number of oxazole rings is 1. The molecule has 1 aromatic carbocycles. The monoisotopic (exact) mass is 321 g/mol. The van der Waals surface area contributed by atoms with Gasteiger partial charge in [0.15, 0.2) is 5.58 Å². The van der Waals surface area contributed by atoms with Crippen molar-refractivity contribution in [2.24, 2.45) is 0 Å². The zero-order valence-electron chi connectivity index (χ0n) is 12.5. The highest BCUT2D eigenvalue weighted by molar-refractivity contribution is 6.31. The molecule has 2 saturated heterocycles. The zero-order valence-corrected chi connectivity index (χ0v) is 13.3. The van der Waals surface area contributed by atoms with E-state index in [0.29, 0.717) is 11.1 Å². The van der Waals surface area contributed by atoms with Crippen molar-refractivity contribution in [2.75, 3.05) is 44.3 Å². The molecular formula is C16H20ClN3O2. The molecule has 4 rings (SSSR count). The summed E-state index contributed by atoms with van der Waals surface area (Å²) in [7, 11) is 0. The molecule has 22 heavy (non-hydrogen) atoms. The molecule has 2 fully saturated rings. The number of halogens is 1. The maximum Gasteiger partial charge on any atom is 0.298 e. The molecule has 0 amide bonds. The van der Waals surface area contributed by atoms with Crippen LogP contribution in [0, 0.1) is 0 Å². The average molecular weight is 322 g/mol. The minimum Gasteiger partial charge on any atom is -0.423 e. The number of aromatic nitrogens is 1. The van der Waals surface area contributed by atoms with Crippen LogP contribution >= 0.6 is 11.6 Å². The predicted molar refractivity (Wildman–Crippen MR) is 86.6 cm³/mol. The van der Waals surface area contributed by atoms with Gasteiger partial charge in [-0.3, -0.25) is 4.90 Å². The van der Waals surface area contributed by atoms with Gasteiger partial charge in [-0.05, 0) is 31.0 Å². The first-order chi connectivity index (χ1) is 10.8. The van der Waals surface area contributed by atoms with Crippen LogP contribution in [-0.2, 0) is 4.74 Å². The van der Waals surface area contributed by atoms with Crippen molar-refractivity contribution in [3.8, 4) is 0 Å². The minimum atomic E-state index is 0.566. The van der Waals surface area contributed by atoms with E-state index in [1.54, 1.807) is 0 Å². The molecule has 2 aromatic rings. The Morgan fingerprint density at radius 1 is 1.18 bits per heavy atom. The molecule has 0 aliphatic carbocycles. The van der Waals surface area contributed by atoms with Gasteiger partial charge in [0.25, 0.3) is 6.01 Å². The molecule has 2 aliphatic heterocycles. The number of morpholine rings is 1. The summed E-state index contributed by atoms with van der Waals surface area (Å²) >= 11 is 6.02. The topological polar surface area (TPSA) is 41.7 Å². The second-order valence-electron chi connectivity index (χ2n) is 6.00. The predicted octanol–water partition coefficient (Wildman–Crippen LogP) is 2.78. The highest BCUT2D eigenvalue weighted by atomic mass is 35.5. The van der Waals surface area contributed by atoms with Crippen LogP contribution < -0.4 is 4.90 Å². The fraction of sp³-hybridized carbons (Fsp3) is 0.562. The Hall–Kier alpha value is -1.30. The second-order valence-corrected chi connectivity index (χ2v) is 6.44. The van der Waals surface area contributed by atoms with Gasteiger partial charge in [0.1, 0.15) is 5.52 Å². The van der Waals surface area contributed by atoms with Gasteiger partial charge in [0, 0.05) is 37.2 Å². The highest BCUT2D eigenvalue weighted by Gasteiger charge is 2.28. The van der Waals surface area contributed by atoms with Gasteiger partial charge in [0.2, 0.25) is 0 Å². The van der Waals surface area contributed by atoms with Crippen molar-refractivity contribution in [1.29, 1.82) is 0 Å². The smallest absolute Gasteiger partial charge is 0.298 e. The molecule has 0 N–H and O–H groups in total. The Balaban J connectivity index is 1.52. The lowest BCUT2D eigenvalue weighted by Crippen LogP contribution is -2.51. The number of hydrogen-bond acceptors (Lipinski definition) is 5. The SMILES string of the molecule is Clc1ccc2oc(N3CCCC(N4CCOCC4)C3)nc2c1. The van der Waals surface area contributed by atoms with Crippen LogP contribution in [0.2, 0.25) is 5.02 Å². The van der Waals surface area contributed by atoms with E-state index in [4.69, 9.17) is 20.8 Å². The summed E-state index contributed by atoms with van der Waals surface area (Å²) in [6, 6.07) is 6.86. The molecule has 3 heterocycles. The molecule has 1 aromatic heterocycles. The second kappa shape index (κ2) is 6.07. The highest BCUT2D eigenvalue weighted by Crippen LogP contribution is 2.27. The Kier molecular flexibility index (Phi) is 3.94. The van der Waals surface area contributed by atoms with E-state index in [9.17, 15) is 0 Å². The van der Waals surface area contributed by atoms with Crippen molar-refractivity contribution in [1.82, 2.24) is 9.88 Å². The quantitative estimate of drug-likeness (QED) is 0.851. The summed E-state index contributed by atoms with van der Waals surface area (Å²) in [4.78, 5) is 9.41. The van der Waals surface area contributed by atoms with Crippen LogP contribution in [0.3, 0.4) is 0 Å². The third kappa shape index (κ3) is 2.81. The van der Waals surface area contributed by atoms with Crippen LogP contribution in [0.15, 0.2) is 22.6 Å². The van der Waals surface area contributed by atoms with Crippen molar-refractivity contribution >= 4 is 28.7 Å². The van der Waals surface area contributed by atoms with Crippen LogP contribution in [0.25, 0.3) is 11.1 Å². The minimum absolute atomic E-state index is 0.566. The largest absolute Gasteiger partial charge is 0.423 e. The van der Waals surface area contributed by atoms with Gasteiger partial charge in [-0.15, -0.1) is 0 Å². The summed E-state index contributed by atoms with van der Waals surface area (Å²) in [5.41, 5.74) is 1.63. The zero-order chi connectivity index (χ0) is 14.9. The van der Waals surface area contributed by atoms with Gasteiger partial charge in [-0.25, -0.2) is 0 Å². The lowest BCUT2D eigenvalue weighted by molar-refractivity contribution is 0.0135. The van der Waals surface area contributed by atoms with Crippen molar-refractivity contribution in [3.63, 3.8) is 0 Å². The number of rotatable bonds is 2. The number of hydrogen-bond donors (Lipinski definition) is 0. The van der Waals surface area contributed by atoms with E-state index in [2.05, 4.69) is 14.8 Å². The van der Waals surface area contributed by atoms with Crippen molar-refractivity contribution < 1.29 is 9.15 Å².